The van der Waals surface area contributed by atoms with E-state index in [2.05, 4.69) is 66.0 Å². The van der Waals surface area contributed by atoms with E-state index in [0.717, 1.165) is 31.3 Å². The van der Waals surface area contributed by atoms with Gasteiger partial charge in [0.2, 0.25) is 5.91 Å². The molecule has 0 saturated heterocycles. The maximum atomic E-state index is 11.8. The first kappa shape index (κ1) is 15.3. The van der Waals surface area contributed by atoms with Crippen LogP contribution in [0.2, 0.25) is 0 Å². The molecule has 0 spiro atoms. The number of rotatable bonds is 2. The molecule has 3 rings (SSSR count). The quantitative estimate of drug-likeness (QED) is 0.548. The Labute approximate surface area is 148 Å². The summed E-state index contributed by atoms with van der Waals surface area (Å²) in [6.07, 6.45) is 0.485. The number of hydrogen-bond acceptors (Lipinski definition) is 1. The first-order valence-corrected chi connectivity index (χ1v) is 8.96. The third kappa shape index (κ3) is 2.83. The number of amides is 1. The molecular formula is C16H12Br3NO. The van der Waals surface area contributed by atoms with Crippen LogP contribution in [-0.4, -0.2) is 13.0 Å². The largest absolute Gasteiger partial charge is 0.315 e. The maximum Gasteiger partial charge on any atom is 0.231 e. The fourth-order valence-electron chi connectivity index (χ4n) is 2.54. The van der Waals surface area contributed by atoms with E-state index in [1.807, 2.05) is 25.2 Å². The highest BCUT2D eigenvalue weighted by molar-refractivity contribution is 9.11. The number of alkyl halides is 1. The first-order chi connectivity index (χ1) is 9.97. The fraction of sp³-hybridized carbons (Fsp3) is 0.188. The Morgan fingerprint density at radius 1 is 1.14 bits per heavy atom. The number of hydrogen-bond donors (Lipinski definition) is 0. The molecular weight excluding hydrogens is 462 g/mol. The Morgan fingerprint density at radius 2 is 1.90 bits per heavy atom. The van der Waals surface area contributed by atoms with Crippen molar-refractivity contribution in [1.82, 2.24) is 0 Å². The summed E-state index contributed by atoms with van der Waals surface area (Å²) in [7, 11) is 1.82. The summed E-state index contributed by atoms with van der Waals surface area (Å²) in [5.41, 5.74) is 4.41. The van der Waals surface area contributed by atoms with Crippen molar-refractivity contribution in [3.8, 4) is 0 Å². The second kappa shape index (κ2) is 5.86. The summed E-state index contributed by atoms with van der Waals surface area (Å²) >= 11 is 10.9. The van der Waals surface area contributed by atoms with E-state index >= 15 is 0 Å². The zero-order chi connectivity index (χ0) is 15.1. The molecule has 1 unspecified atom stereocenters. The predicted molar refractivity (Wildman–Crippen MR) is 96.2 cm³/mol. The van der Waals surface area contributed by atoms with Gasteiger partial charge in [-0.1, -0.05) is 59.9 Å². The maximum absolute atomic E-state index is 11.8. The zero-order valence-corrected chi connectivity index (χ0v) is 16.0. The second-order valence-electron chi connectivity index (χ2n) is 5.05. The average Bonchev–Trinajstić information content (AvgIpc) is 2.75. The smallest absolute Gasteiger partial charge is 0.231 e. The minimum absolute atomic E-state index is 0.0793. The Bertz CT molecular complexity index is 729. The Hall–Kier alpha value is -0.650. The van der Waals surface area contributed by atoms with Gasteiger partial charge in [-0.3, -0.25) is 4.79 Å². The average molecular weight is 474 g/mol. The van der Waals surface area contributed by atoms with E-state index in [1.165, 1.54) is 0 Å². The number of fused-ring (bicyclic) bond motifs is 1. The monoisotopic (exact) mass is 471 g/mol. The van der Waals surface area contributed by atoms with Crippen LogP contribution < -0.4 is 4.90 Å². The van der Waals surface area contributed by atoms with Crippen LogP contribution in [-0.2, 0) is 11.2 Å². The van der Waals surface area contributed by atoms with Crippen LogP contribution in [0.15, 0.2) is 45.3 Å². The van der Waals surface area contributed by atoms with E-state index in [-0.39, 0.29) is 10.7 Å². The third-order valence-corrected chi connectivity index (χ3v) is 5.94. The van der Waals surface area contributed by atoms with Crippen LogP contribution in [0.3, 0.4) is 0 Å². The van der Waals surface area contributed by atoms with Crippen molar-refractivity contribution in [3.63, 3.8) is 0 Å². The standard InChI is InChI=1S/C16H12Br3NO/c1-20-14-5-2-9(6-10(14)7-15(20)21)16(19)12-8-11(17)3-4-13(12)18/h2-6,8,16H,7H2,1H3. The molecule has 1 amide bonds. The topological polar surface area (TPSA) is 20.3 Å². The van der Waals surface area contributed by atoms with E-state index in [0.29, 0.717) is 6.42 Å². The normalized spacial score (nSPS) is 15.2. The number of carbonyl (C=O) groups excluding carboxylic acids is 1. The molecule has 1 aliphatic heterocycles. The van der Waals surface area contributed by atoms with Crippen LogP contribution in [0.1, 0.15) is 21.5 Å². The molecule has 0 radical (unpaired) electrons. The number of benzene rings is 2. The minimum atomic E-state index is 0.0793. The van der Waals surface area contributed by atoms with Gasteiger partial charge in [0, 0.05) is 21.7 Å². The molecule has 2 nitrogen and oxygen atoms in total. The van der Waals surface area contributed by atoms with Crippen molar-refractivity contribution in [2.45, 2.75) is 11.2 Å². The van der Waals surface area contributed by atoms with Crippen molar-refractivity contribution in [3.05, 3.63) is 62.0 Å². The molecule has 21 heavy (non-hydrogen) atoms. The molecule has 108 valence electrons. The Morgan fingerprint density at radius 3 is 2.67 bits per heavy atom. The molecule has 0 fully saturated rings. The molecule has 1 heterocycles. The lowest BCUT2D eigenvalue weighted by molar-refractivity contribution is -0.117. The van der Waals surface area contributed by atoms with Crippen LogP contribution in [0.25, 0.3) is 0 Å². The van der Waals surface area contributed by atoms with Crippen molar-refractivity contribution < 1.29 is 4.79 Å². The molecule has 1 aliphatic rings. The van der Waals surface area contributed by atoms with Gasteiger partial charge in [-0.05, 0) is 41.0 Å². The first-order valence-electron chi connectivity index (χ1n) is 6.46. The molecule has 0 N–H and O–H groups in total. The number of carbonyl (C=O) groups is 1. The van der Waals surface area contributed by atoms with E-state index in [1.54, 1.807) is 4.90 Å². The zero-order valence-electron chi connectivity index (χ0n) is 11.2. The van der Waals surface area contributed by atoms with E-state index in [9.17, 15) is 4.79 Å². The highest BCUT2D eigenvalue weighted by Crippen LogP contribution is 2.39. The molecule has 2 aromatic rings. The van der Waals surface area contributed by atoms with Crippen LogP contribution in [0.5, 0.6) is 0 Å². The summed E-state index contributed by atoms with van der Waals surface area (Å²) in [6, 6.07) is 12.3. The lowest BCUT2D eigenvalue weighted by Gasteiger charge is -2.15. The fourth-order valence-corrected chi connectivity index (χ4v) is 4.36. The molecule has 0 aliphatic carbocycles. The van der Waals surface area contributed by atoms with Crippen molar-refractivity contribution >= 4 is 59.4 Å². The van der Waals surface area contributed by atoms with Gasteiger partial charge in [-0.2, -0.15) is 0 Å². The Kier molecular flexibility index (Phi) is 4.26. The van der Waals surface area contributed by atoms with Crippen LogP contribution in [0.4, 0.5) is 5.69 Å². The van der Waals surface area contributed by atoms with Gasteiger partial charge in [0.05, 0.1) is 11.2 Å². The Balaban J connectivity index is 2.00. The summed E-state index contributed by atoms with van der Waals surface area (Å²) in [6.45, 7) is 0. The summed E-state index contributed by atoms with van der Waals surface area (Å²) in [5.74, 6) is 0.150. The minimum Gasteiger partial charge on any atom is -0.315 e. The van der Waals surface area contributed by atoms with Gasteiger partial charge >= 0.3 is 0 Å². The molecule has 5 heteroatoms. The summed E-state index contributed by atoms with van der Waals surface area (Å²) in [5, 5.41) is 0. The molecule has 0 aromatic heterocycles. The number of likely N-dealkylation sites (N-methyl/N-ethyl adjacent to an activating group) is 1. The van der Waals surface area contributed by atoms with Gasteiger partial charge in [0.1, 0.15) is 0 Å². The van der Waals surface area contributed by atoms with Crippen molar-refractivity contribution in [2.75, 3.05) is 11.9 Å². The summed E-state index contributed by atoms with van der Waals surface area (Å²) in [4.78, 5) is 13.6. The summed E-state index contributed by atoms with van der Waals surface area (Å²) < 4.78 is 2.10. The van der Waals surface area contributed by atoms with Gasteiger partial charge in [-0.25, -0.2) is 0 Å². The highest BCUT2D eigenvalue weighted by atomic mass is 79.9. The predicted octanol–water partition coefficient (Wildman–Crippen LogP) is 5.21. The highest BCUT2D eigenvalue weighted by Gasteiger charge is 2.25. The number of nitrogens with zero attached hydrogens (tertiary/aromatic N) is 1. The lowest BCUT2D eigenvalue weighted by atomic mass is 10.0. The van der Waals surface area contributed by atoms with E-state index < -0.39 is 0 Å². The van der Waals surface area contributed by atoms with Crippen LogP contribution >= 0.6 is 47.8 Å². The molecule has 2 aromatic carbocycles. The van der Waals surface area contributed by atoms with Crippen molar-refractivity contribution in [2.24, 2.45) is 0 Å². The number of anilines is 1. The van der Waals surface area contributed by atoms with Gasteiger partial charge in [-0.15, -0.1) is 0 Å². The van der Waals surface area contributed by atoms with E-state index in [4.69, 9.17) is 0 Å². The van der Waals surface area contributed by atoms with Crippen molar-refractivity contribution in [1.29, 1.82) is 0 Å². The van der Waals surface area contributed by atoms with Gasteiger partial charge in [0.15, 0.2) is 0 Å². The van der Waals surface area contributed by atoms with Gasteiger partial charge in [0.25, 0.3) is 0 Å². The molecule has 0 saturated carbocycles. The molecule has 0 bridgehead atoms. The SMILES string of the molecule is CN1C(=O)Cc2cc(C(Br)c3cc(Br)ccc3Br)ccc21. The number of halogens is 3. The third-order valence-electron chi connectivity index (χ3n) is 3.70. The lowest BCUT2D eigenvalue weighted by Crippen LogP contribution is -2.20. The van der Waals surface area contributed by atoms with Crippen LogP contribution in [0, 0.1) is 0 Å². The van der Waals surface area contributed by atoms with Gasteiger partial charge < -0.3 is 4.90 Å². The molecule has 1 atom stereocenters. The second-order valence-corrected chi connectivity index (χ2v) is 7.73.